The quantitative estimate of drug-likeness (QED) is 0.872. The minimum absolute atomic E-state index is 0.0327. The van der Waals surface area contributed by atoms with Gasteiger partial charge in [0, 0.05) is 10.9 Å². The zero-order chi connectivity index (χ0) is 13.4. The lowest BCUT2D eigenvalue weighted by atomic mass is 10.1. The summed E-state index contributed by atoms with van der Waals surface area (Å²) < 4.78 is 1.11. The van der Waals surface area contributed by atoms with Crippen LogP contribution in [0.25, 0.3) is 0 Å². The van der Waals surface area contributed by atoms with Crippen LogP contribution in [-0.2, 0) is 16.0 Å². The first kappa shape index (κ1) is 12.7. The molecule has 1 aliphatic carbocycles. The van der Waals surface area contributed by atoms with E-state index in [1.165, 1.54) is 11.1 Å². The molecule has 100 valence electrons. The number of benzene rings is 1. The molecule has 1 aliphatic heterocycles. The zero-order valence-corrected chi connectivity index (χ0v) is 12.0. The van der Waals surface area contributed by atoms with E-state index in [4.69, 9.17) is 0 Å². The van der Waals surface area contributed by atoms with Gasteiger partial charge in [0.05, 0.1) is 6.04 Å². The van der Waals surface area contributed by atoms with E-state index < -0.39 is 0 Å². The minimum atomic E-state index is -0.358. The van der Waals surface area contributed by atoms with Crippen molar-refractivity contribution < 1.29 is 9.59 Å². The molecule has 5 heteroatoms. The number of hydrogen-bond acceptors (Lipinski definition) is 2. The lowest BCUT2D eigenvalue weighted by Gasteiger charge is -2.17. The summed E-state index contributed by atoms with van der Waals surface area (Å²) >= 11 is 3.55. The fourth-order valence-electron chi connectivity index (χ4n) is 2.84. The number of hydrogen-bond donors (Lipinski definition) is 2. The van der Waals surface area contributed by atoms with Crippen LogP contribution >= 0.6 is 15.9 Å². The molecule has 3 rings (SSSR count). The number of halogens is 1. The Kier molecular flexibility index (Phi) is 3.31. The Morgan fingerprint density at radius 3 is 2.89 bits per heavy atom. The van der Waals surface area contributed by atoms with Gasteiger partial charge < -0.3 is 10.6 Å². The van der Waals surface area contributed by atoms with Crippen molar-refractivity contribution in [2.45, 2.75) is 37.8 Å². The Balaban J connectivity index is 1.71. The van der Waals surface area contributed by atoms with Gasteiger partial charge in [-0.25, -0.2) is 0 Å². The molecule has 1 heterocycles. The fraction of sp³-hybridized carbons (Fsp3) is 0.429. The van der Waals surface area contributed by atoms with E-state index in [0.717, 1.165) is 17.3 Å². The van der Waals surface area contributed by atoms with Crippen LogP contribution in [-0.4, -0.2) is 17.9 Å². The van der Waals surface area contributed by atoms with Crippen molar-refractivity contribution in [3.8, 4) is 0 Å². The molecule has 1 aromatic rings. The van der Waals surface area contributed by atoms with E-state index in [1.807, 2.05) is 12.1 Å². The molecule has 0 unspecified atom stereocenters. The molecule has 2 aliphatic rings. The Morgan fingerprint density at radius 2 is 2.16 bits per heavy atom. The van der Waals surface area contributed by atoms with Gasteiger partial charge in [-0.3, -0.25) is 9.59 Å². The highest BCUT2D eigenvalue weighted by Crippen LogP contribution is 2.35. The number of carbonyl (C=O) groups is 2. The molecule has 2 N–H and O–H groups in total. The van der Waals surface area contributed by atoms with Crippen LogP contribution in [0.15, 0.2) is 22.7 Å². The highest BCUT2D eigenvalue weighted by molar-refractivity contribution is 9.10. The van der Waals surface area contributed by atoms with Gasteiger partial charge in [-0.15, -0.1) is 0 Å². The van der Waals surface area contributed by atoms with Crippen molar-refractivity contribution in [2.75, 3.05) is 0 Å². The highest BCUT2D eigenvalue weighted by Gasteiger charge is 2.31. The van der Waals surface area contributed by atoms with Gasteiger partial charge in [0.25, 0.3) is 0 Å². The molecule has 19 heavy (non-hydrogen) atoms. The average Bonchev–Trinajstić information content (AvgIpc) is 2.98. The predicted octanol–water partition coefficient (Wildman–Crippen LogP) is 1.83. The number of nitrogens with one attached hydrogen (secondary N) is 2. The maximum atomic E-state index is 12.1. The summed E-state index contributed by atoms with van der Waals surface area (Å²) in [6.07, 6.45) is 2.94. The molecule has 1 saturated heterocycles. The van der Waals surface area contributed by atoms with E-state index in [2.05, 4.69) is 32.6 Å². The summed E-state index contributed by atoms with van der Waals surface area (Å²) in [5, 5.41) is 5.75. The summed E-state index contributed by atoms with van der Waals surface area (Å²) in [5.74, 6) is -0.0987. The number of amides is 2. The normalized spacial score (nSPS) is 25.0. The van der Waals surface area contributed by atoms with Gasteiger partial charge >= 0.3 is 0 Å². The van der Waals surface area contributed by atoms with Crippen molar-refractivity contribution in [1.29, 1.82) is 0 Å². The minimum Gasteiger partial charge on any atom is -0.347 e. The zero-order valence-electron chi connectivity index (χ0n) is 10.4. The first-order valence-electron chi connectivity index (χ1n) is 6.52. The lowest BCUT2D eigenvalue weighted by molar-refractivity contribution is -0.126. The largest absolute Gasteiger partial charge is 0.347 e. The Labute approximate surface area is 120 Å². The second-order valence-corrected chi connectivity index (χ2v) is 5.92. The van der Waals surface area contributed by atoms with Crippen molar-refractivity contribution in [2.24, 2.45) is 0 Å². The van der Waals surface area contributed by atoms with Crippen LogP contribution in [0.1, 0.15) is 36.4 Å². The third-order valence-corrected chi connectivity index (χ3v) is 4.58. The lowest BCUT2D eigenvalue weighted by Crippen LogP contribution is -2.42. The van der Waals surface area contributed by atoms with Crippen LogP contribution in [0, 0.1) is 0 Å². The van der Waals surface area contributed by atoms with E-state index in [0.29, 0.717) is 12.8 Å². The third-order valence-electron chi connectivity index (χ3n) is 3.84. The Bertz CT molecular complexity index is 544. The second kappa shape index (κ2) is 4.96. The molecule has 0 radical (unpaired) electrons. The van der Waals surface area contributed by atoms with E-state index >= 15 is 0 Å². The Hall–Kier alpha value is -1.36. The summed E-state index contributed by atoms with van der Waals surface area (Å²) in [7, 11) is 0. The third kappa shape index (κ3) is 2.39. The van der Waals surface area contributed by atoms with Crippen LogP contribution < -0.4 is 10.6 Å². The highest BCUT2D eigenvalue weighted by atomic mass is 79.9. The number of carbonyl (C=O) groups excluding carboxylic acids is 2. The Morgan fingerprint density at radius 1 is 1.32 bits per heavy atom. The number of fused-ring (bicyclic) bond motifs is 1. The molecular formula is C14H15BrN2O2. The summed E-state index contributed by atoms with van der Waals surface area (Å²) in [6.45, 7) is 0. The van der Waals surface area contributed by atoms with E-state index in [1.54, 1.807) is 0 Å². The smallest absolute Gasteiger partial charge is 0.243 e. The monoisotopic (exact) mass is 322 g/mol. The molecular weight excluding hydrogens is 308 g/mol. The molecule has 0 spiro atoms. The molecule has 2 amide bonds. The van der Waals surface area contributed by atoms with E-state index in [-0.39, 0.29) is 23.9 Å². The number of rotatable bonds is 2. The van der Waals surface area contributed by atoms with Gasteiger partial charge in [-0.1, -0.05) is 28.1 Å². The molecule has 0 saturated carbocycles. The maximum absolute atomic E-state index is 12.1. The van der Waals surface area contributed by atoms with Crippen molar-refractivity contribution >= 4 is 27.7 Å². The van der Waals surface area contributed by atoms with Gasteiger partial charge in [0.2, 0.25) is 11.8 Å². The summed E-state index contributed by atoms with van der Waals surface area (Å²) in [5.41, 5.74) is 2.47. The maximum Gasteiger partial charge on any atom is 0.243 e. The molecule has 0 bridgehead atoms. The van der Waals surface area contributed by atoms with Gasteiger partial charge in [-0.2, -0.15) is 0 Å². The molecule has 4 nitrogen and oxygen atoms in total. The summed E-state index contributed by atoms with van der Waals surface area (Å²) in [4.78, 5) is 23.2. The standard InChI is InChI=1S/C14H15BrN2O2/c15-10-3-1-2-9-8(10)4-5-11(9)17-14(19)12-6-7-13(18)16-12/h1-3,11-12H,4-7H2,(H,16,18)(H,17,19)/t11-,12-/m1/s1. The van der Waals surface area contributed by atoms with Gasteiger partial charge in [0.15, 0.2) is 0 Å². The second-order valence-electron chi connectivity index (χ2n) is 5.07. The first-order valence-corrected chi connectivity index (χ1v) is 7.31. The van der Waals surface area contributed by atoms with Gasteiger partial charge in [0.1, 0.15) is 6.04 Å². The fourth-order valence-corrected chi connectivity index (χ4v) is 3.42. The van der Waals surface area contributed by atoms with E-state index in [9.17, 15) is 9.59 Å². The van der Waals surface area contributed by atoms with Crippen LogP contribution in [0.5, 0.6) is 0 Å². The molecule has 1 fully saturated rings. The van der Waals surface area contributed by atoms with Crippen LogP contribution in [0.3, 0.4) is 0 Å². The molecule has 2 atom stereocenters. The van der Waals surface area contributed by atoms with Crippen molar-refractivity contribution in [3.05, 3.63) is 33.8 Å². The predicted molar refractivity (Wildman–Crippen MR) is 74.5 cm³/mol. The van der Waals surface area contributed by atoms with Crippen molar-refractivity contribution in [1.82, 2.24) is 10.6 Å². The average molecular weight is 323 g/mol. The summed E-state index contributed by atoms with van der Waals surface area (Å²) in [6, 6.07) is 5.79. The van der Waals surface area contributed by atoms with Crippen molar-refractivity contribution in [3.63, 3.8) is 0 Å². The topological polar surface area (TPSA) is 58.2 Å². The van der Waals surface area contributed by atoms with Gasteiger partial charge in [-0.05, 0) is 36.5 Å². The SMILES string of the molecule is O=C1CC[C@H](C(=O)N[C@@H]2CCc3c(Br)cccc32)N1. The van der Waals surface area contributed by atoms with Crippen LogP contribution in [0.2, 0.25) is 0 Å². The molecule has 0 aromatic heterocycles. The molecule has 1 aromatic carbocycles. The first-order chi connectivity index (χ1) is 9.15. The van der Waals surface area contributed by atoms with Crippen LogP contribution in [0.4, 0.5) is 0 Å².